The van der Waals surface area contributed by atoms with Crippen molar-refractivity contribution in [2.45, 2.75) is 46.1 Å². The standard InChI is InChI=1S/C13H22N2O2/c1-8(2)10-5-4-9(3)11(6-10)15-7-12(16)14-13(15)17/h8-11H,4-7H2,1-3H3,(H,14,16,17)/t9-,10-,11-/m0/s1. The van der Waals surface area contributed by atoms with E-state index in [0.717, 1.165) is 12.8 Å². The molecule has 0 bridgehead atoms. The predicted molar refractivity (Wildman–Crippen MR) is 65.4 cm³/mol. The number of carbonyl (C=O) groups excluding carboxylic acids is 2. The van der Waals surface area contributed by atoms with Gasteiger partial charge in [0.05, 0.1) is 0 Å². The van der Waals surface area contributed by atoms with E-state index in [1.165, 1.54) is 6.42 Å². The Bertz CT molecular complexity index is 327. The molecule has 3 atom stereocenters. The minimum absolute atomic E-state index is 0.158. The number of nitrogens with one attached hydrogen (secondary N) is 1. The summed E-state index contributed by atoms with van der Waals surface area (Å²) < 4.78 is 0. The predicted octanol–water partition coefficient (Wildman–Crippen LogP) is 2.00. The highest BCUT2D eigenvalue weighted by atomic mass is 16.2. The van der Waals surface area contributed by atoms with Crippen molar-refractivity contribution < 1.29 is 9.59 Å². The van der Waals surface area contributed by atoms with Gasteiger partial charge in [0, 0.05) is 6.04 Å². The molecule has 2 fully saturated rings. The Morgan fingerprint density at radius 3 is 2.53 bits per heavy atom. The SMILES string of the molecule is CC(C)[C@H]1CC[C@H](C)[C@@H](N2CC(=O)NC2=O)C1. The average Bonchev–Trinajstić information content (AvgIpc) is 2.58. The summed E-state index contributed by atoms with van der Waals surface area (Å²) in [6.07, 6.45) is 3.45. The summed E-state index contributed by atoms with van der Waals surface area (Å²) in [6, 6.07) is 0.0406. The van der Waals surface area contributed by atoms with E-state index in [1.807, 2.05) is 0 Å². The first-order valence-corrected chi connectivity index (χ1v) is 6.59. The van der Waals surface area contributed by atoms with Crippen LogP contribution < -0.4 is 5.32 Å². The molecule has 1 N–H and O–H groups in total. The van der Waals surface area contributed by atoms with E-state index < -0.39 is 0 Å². The van der Waals surface area contributed by atoms with Crippen LogP contribution in [0.2, 0.25) is 0 Å². The molecule has 17 heavy (non-hydrogen) atoms. The fourth-order valence-electron chi connectivity index (χ4n) is 3.09. The molecule has 0 radical (unpaired) electrons. The van der Waals surface area contributed by atoms with Crippen molar-refractivity contribution in [2.24, 2.45) is 17.8 Å². The van der Waals surface area contributed by atoms with Crippen molar-refractivity contribution >= 4 is 11.9 Å². The molecule has 4 heteroatoms. The number of imide groups is 1. The summed E-state index contributed by atoms with van der Waals surface area (Å²) in [5.74, 6) is 1.68. The third-order valence-electron chi connectivity index (χ3n) is 4.36. The number of rotatable bonds is 2. The van der Waals surface area contributed by atoms with Crippen LogP contribution in [0.5, 0.6) is 0 Å². The normalized spacial score (nSPS) is 34.4. The van der Waals surface area contributed by atoms with Crippen molar-refractivity contribution in [3.05, 3.63) is 0 Å². The van der Waals surface area contributed by atoms with E-state index in [9.17, 15) is 9.59 Å². The molecule has 96 valence electrons. The fraction of sp³-hybridized carbons (Fsp3) is 0.846. The third kappa shape index (κ3) is 2.45. The number of hydrogen-bond acceptors (Lipinski definition) is 2. The number of carbonyl (C=O) groups is 2. The lowest BCUT2D eigenvalue weighted by atomic mass is 9.74. The Hall–Kier alpha value is -1.06. The molecule has 2 rings (SSSR count). The minimum atomic E-state index is -0.198. The molecule has 0 aromatic heterocycles. The van der Waals surface area contributed by atoms with Gasteiger partial charge in [-0.05, 0) is 37.0 Å². The highest BCUT2D eigenvalue weighted by Crippen LogP contribution is 2.36. The maximum atomic E-state index is 11.7. The topological polar surface area (TPSA) is 49.4 Å². The quantitative estimate of drug-likeness (QED) is 0.748. The van der Waals surface area contributed by atoms with Crippen molar-refractivity contribution in [1.82, 2.24) is 10.2 Å². The van der Waals surface area contributed by atoms with Crippen molar-refractivity contribution in [3.8, 4) is 0 Å². The Balaban J connectivity index is 2.07. The highest BCUT2D eigenvalue weighted by molar-refractivity contribution is 6.02. The van der Waals surface area contributed by atoms with Crippen LogP contribution in [-0.2, 0) is 4.79 Å². The molecular weight excluding hydrogens is 216 g/mol. The zero-order valence-corrected chi connectivity index (χ0v) is 10.9. The van der Waals surface area contributed by atoms with E-state index in [4.69, 9.17) is 0 Å². The first-order chi connectivity index (χ1) is 7.99. The lowest BCUT2D eigenvalue weighted by Crippen LogP contribution is -2.45. The molecule has 4 nitrogen and oxygen atoms in total. The largest absolute Gasteiger partial charge is 0.324 e. The van der Waals surface area contributed by atoms with Gasteiger partial charge in [-0.15, -0.1) is 0 Å². The summed E-state index contributed by atoms with van der Waals surface area (Å²) in [4.78, 5) is 24.7. The van der Waals surface area contributed by atoms with Gasteiger partial charge in [0.2, 0.25) is 5.91 Å². The molecule has 3 amide bonds. The van der Waals surface area contributed by atoms with Gasteiger partial charge < -0.3 is 4.90 Å². The van der Waals surface area contributed by atoms with E-state index >= 15 is 0 Å². The molecule has 1 heterocycles. The third-order valence-corrected chi connectivity index (χ3v) is 4.36. The number of hydrogen-bond donors (Lipinski definition) is 1. The van der Waals surface area contributed by atoms with Crippen molar-refractivity contribution in [2.75, 3.05) is 6.54 Å². The molecule has 0 spiro atoms. The van der Waals surface area contributed by atoms with Gasteiger partial charge in [0.1, 0.15) is 6.54 Å². The molecule has 1 saturated carbocycles. The van der Waals surface area contributed by atoms with Gasteiger partial charge in [-0.1, -0.05) is 20.8 Å². The number of amides is 3. The van der Waals surface area contributed by atoms with E-state index in [1.54, 1.807) is 4.90 Å². The minimum Gasteiger partial charge on any atom is -0.312 e. The monoisotopic (exact) mass is 238 g/mol. The van der Waals surface area contributed by atoms with E-state index in [0.29, 0.717) is 17.8 Å². The maximum absolute atomic E-state index is 11.7. The van der Waals surface area contributed by atoms with Crippen LogP contribution in [0.1, 0.15) is 40.0 Å². The molecule has 0 unspecified atom stereocenters. The van der Waals surface area contributed by atoms with E-state index in [2.05, 4.69) is 26.1 Å². The lowest BCUT2D eigenvalue weighted by molar-refractivity contribution is -0.118. The van der Waals surface area contributed by atoms with Crippen LogP contribution in [0.25, 0.3) is 0 Å². The summed E-state index contributed by atoms with van der Waals surface area (Å²) in [5.41, 5.74) is 0. The van der Waals surface area contributed by atoms with Crippen LogP contribution >= 0.6 is 0 Å². The zero-order valence-electron chi connectivity index (χ0n) is 10.9. The van der Waals surface area contributed by atoms with Crippen LogP contribution in [0.4, 0.5) is 4.79 Å². The number of urea groups is 1. The van der Waals surface area contributed by atoms with Crippen LogP contribution in [0.3, 0.4) is 0 Å². The Morgan fingerprint density at radius 2 is 2.00 bits per heavy atom. The van der Waals surface area contributed by atoms with Gasteiger partial charge in [0.15, 0.2) is 0 Å². The molecule has 1 aliphatic heterocycles. The maximum Gasteiger partial charge on any atom is 0.324 e. The fourth-order valence-corrected chi connectivity index (χ4v) is 3.09. The zero-order chi connectivity index (χ0) is 12.6. The molecule has 2 aliphatic rings. The first-order valence-electron chi connectivity index (χ1n) is 6.59. The second kappa shape index (κ2) is 4.67. The van der Waals surface area contributed by atoms with Crippen LogP contribution in [0.15, 0.2) is 0 Å². The number of nitrogens with zero attached hydrogens (tertiary/aromatic N) is 1. The molecule has 1 aliphatic carbocycles. The Kier molecular flexibility index (Phi) is 3.40. The summed E-state index contributed by atoms with van der Waals surface area (Å²) in [7, 11) is 0. The lowest BCUT2D eigenvalue weighted by Gasteiger charge is -2.40. The summed E-state index contributed by atoms with van der Waals surface area (Å²) >= 11 is 0. The van der Waals surface area contributed by atoms with Gasteiger partial charge in [-0.25, -0.2) is 4.79 Å². The van der Waals surface area contributed by atoms with Crippen molar-refractivity contribution in [1.29, 1.82) is 0 Å². The Labute approximate surface area is 103 Å². The Morgan fingerprint density at radius 1 is 1.29 bits per heavy atom. The van der Waals surface area contributed by atoms with Crippen molar-refractivity contribution in [3.63, 3.8) is 0 Å². The second-order valence-corrected chi connectivity index (χ2v) is 5.84. The summed E-state index contributed by atoms with van der Waals surface area (Å²) in [6.45, 7) is 6.93. The van der Waals surface area contributed by atoms with Gasteiger partial charge in [0.25, 0.3) is 0 Å². The summed E-state index contributed by atoms with van der Waals surface area (Å²) in [5, 5.41) is 2.38. The molecule has 0 aromatic carbocycles. The molecule has 1 saturated heterocycles. The smallest absolute Gasteiger partial charge is 0.312 e. The van der Waals surface area contributed by atoms with E-state index in [-0.39, 0.29) is 24.5 Å². The van der Waals surface area contributed by atoms with Crippen LogP contribution in [-0.4, -0.2) is 29.4 Å². The second-order valence-electron chi connectivity index (χ2n) is 5.84. The van der Waals surface area contributed by atoms with Gasteiger partial charge >= 0.3 is 6.03 Å². The van der Waals surface area contributed by atoms with Crippen LogP contribution in [0, 0.1) is 17.8 Å². The highest BCUT2D eigenvalue weighted by Gasteiger charge is 2.39. The van der Waals surface area contributed by atoms with Gasteiger partial charge in [-0.3, -0.25) is 10.1 Å². The first kappa shape index (κ1) is 12.4. The van der Waals surface area contributed by atoms with Gasteiger partial charge in [-0.2, -0.15) is 0 Å². The molecule has 0 aromatic rings. The molecular formula is C13H22N2O2. The average molecular weight is 238 g/mol.